The van der Waals surface area contributed by atoms with Gasteiger partial charge in [0.1, 0.15) is 35.3 Å². The van der Waals surface area contributed by atoms with Gasteiger partial charge in [-0.1, -0.05) is 38.8 Å². The maximum absolute atomic E-state index is 14.6. The van der Waals surface area contributed by atoms with E-state index in [1.54, 1.807) is 26.0 Å². The lowest BCUT2D eigenvalue weighted by Gasteiger charge is -2.36. The minimum absolute atomic E-state index is 0.00723. The zero-order valence-corrected chi connectivity index (χ0v) is 31.7. The smallest absolute Gasteiger partial charge is 0.407 e. The van der Waals surface area contributed by atoms with Crippen molar-refractivity contribution < 1.29 is 41.5 Å². The van der Waals surface area contributed by atoms with E-state index in [9.17, 15) is 32.0 Å². The lowest BCUT2D eigenvalue weighted by atomic mass is 9.87. The lowest BCUT2D eigenvalue weighted by molar-refractivity contribution is -0.141. The number of nitrogens with one attached hydrogen (secondary N) is 3. The molecule has 0 bridgehead atoms. The normalized spacial score (nSPS) is 26.2. The average Bonchev–Trinajstić information content (AvgIpc) is 3.77. The summed E-state index contributed by atoms with van der Waals surface area (Å²) in [4.78, 5) is 61.4. The predicted molar refractivity (Wildman–Crippen MR) is 195 cm³/mol. The van der Waals surface area contributed by atoms with Crippen LogP contribution in [0.2, 0.25) is 0 Å². The van der Waals surface area contributed by atoms with Crippen LogP contribution in [0.15, 0.2) is 30.4 Å². The second kappa shape index (κ2) is 15.2. The van der Waals surface area contributed by atoms with Crippen LogP contribution < -0.4 is 20.1 Å². The molecule has 4 heterocycles. The molecule has 2 aromatic rings. The maximum atomic E-state index is 14.6. The number of fused-ring (bicyclic) bond motifs is 4. The number of benzene rings is 1. The van der Waals surface area contributed by atoms with Gasteiger partial charge in [-0.15, -0.1) is 0 Å². The molecule has 1 spiro atoms. The highest BCUT2D eigenvalue weighted by Gasteiger charge is 2.54. The summed E-state index contributed by atoms with van der Waals surface area (Å²) >= 11 is 0. The number of halogens is 1. The molecule has 288 valence electrons. The molecular formula is C38H50FN5O8S. The number of rotatable bonds is 6. The number of ether oxygens (including phenoxy) is 2. The van der Waals surface area contributed by atoms with Gasteiger partial charge >= 0.3 is 6.09 Å². The second-order valence-electron chi connectivity index (χ2n) is 15.7. The summed E-state index contributed by atoms with van der Waals surface area (Å²) in [6, 6.07) is 1.02. The summed E-state index contributed by atoms with van der Waals surface area (Å²) < 4.78 is 53.6. The van der Waals surface area contributed by atoms with Crippen molar-refractivity contribution in [2.75, 3.05) is 13.2 Å². The largest absolute Gasteiger partial charge is 0.483 e. The fraction of sp³-hybridized carbons (Fsp3) is 0.605. The number of nitrogens with zero attached hydrogens (tertiary/aromatic N) is 2. The van der Waals surface area contributed by atoms with Crippen molar-refractivity contribution in [2.24, 2.45) is 5.92 Å². The van der Waals surface area contributed by atoms with Gasteiger partial charge in [0.25, 0.3) is 5.91 Å². The molecule has 0 radical (unpaired) electrons. The first-order chi connectivity index (χ1) is 25.1. The number of amides is 4. The highest BCUT2D eigenvalue weighted by atomic mass is 32.2. The number of aryl methyl sites for hydroxylation is 2. The van der Waals surface area contributed by atoms with Crippen molar-refractivity contribution in [3.8, 4) is 5.75 Å². The Kier molecular flexibility index (Phi) is 11.0. The molecule has 53 heavy (non-hydrogen) atoms. The number of aromatic nitrogens is 1. The lowest BCUT2D eigenvalue weighted by Crippen LogP contribution is -2.57. The third-order valence-corrected chi connectivity index (χ3v) is 13.0. The Labute approximate surface area is 309 Å². The van der Waals surface area contributed by atoms with Crippen LogP contribution in [0.5, 0.6) is 5.75 Å². The molecule has 6 rings (SSSR count). The first-order valence-corrected chi connectivity index (χ1v) is 20.1. The van der Waals surface area contributed by atoms with Gasteiger partial charge in [0, 0.05) is 17.4 Å². The summed E-state index contributed by atoms with van der Waals surface area (Å²) in [7, 11) is -3.99. The van der Waals surface area contributed by atoms with Crippen molar-refractivity contribution in [3.05, 3.63) is 47.4 Å². The molecular weight excluding hydrogens is 706 g/mol. The van der Waals surface area contributed by atoms with E-state index in [2.05, 4.69) is 20.3 Å². The molecule has 4 aliphatic rings. The van der Waals surface area contributed by atoms with E-state index in [0.29, 0.717) is 67.3 Å². The number of hydrogen-bond acceptors (Lipinski definition) is 9. The second-order valence-corrected chi connectivity index (χ2v) is 17.8. The quantitative estimate of drug-likeness (QED) is 0.359. The minimum Gasteiger partial charge on any atom is -0.483 e. The molecule has 1 saturated heterocycles. The molecule has 3 aliphatic heterocycles. The van der Waals surface area contributed by atoms with Crippen LogP contribution in [0.4, 0.5) is 9.18 Å². The summed E-state index contributed by atoms with van der Waals surface area (Å²) in [6.45, 7) is 7.32. The molecule has 15 heteroatoms. The topological polar surface area (TPSA) is 173 Å². The number of hydrogen-bond donors (Lipinski definition) is 3. The van der Waals surface area contributed by atoms with E-state index < -0.39 is 68.1 Å². The Hall–Kier alpha value is -4.27. The van der Waals surface area contributed by atoms with Gasteiger partial charge in [-0.3, -0.25) is 19.1 Å². The molecule has 13 nitrogen and oxygen atoms in total. The molecule has 2 fully saturated rings. The van der Waals surface area contributed by atoms with E-state index in [-0.39, 0.29) is 31.9 Å². The molecule has 1 aliphatic carbocycles. The fourth-order valence-electron chi connectivity index (χ4n) is 7.38. The SMILES string of the molecule is Cc1nc2ccc(F)cc2c2c1OC1(CC2)CC2C(=O)NC(C(=O)NS(=O)(=O)C3(C)CC3)CC=CCCCCCC(NC(=O)OCC(C)C)C(=O)N2C1. The van der Waals surface area contributed by atoms with E-state index >= 15 is 0 Å². The van der Waals surface area contributed by atoms with Gasteiger partial charge in [-0.25, -0.2) is 22.6 Å². The molecule has 3 N–H and O–H groups in total. The van der Waals surface area contributed by atoms with Gasteiger partial charge < -0.3 is 25.0 Å². The zero-order valence-electron chi connectivity index (χ0n) is 30.8. The van der Waals surface area contributed by atoms with Gasteiger partial charge in [0.05, 0.1) is 29.1 Å². The Balaban J connectivity index is 1.33. The molecule has 4 amide bonds. The highest BCUT2D eigenvalue weighted by molar-refractivity contribution is 7.91. The van der Waals surface area contributed by atoms with Crippen LogP contribution in [0, 0.1) is 18.7 Å². The molecule has 1 aromatic carbocycles. The van der Waals surface area contributed by atoms with Gasteiger partial charge in [0.15, 0.2) is 0 Å². The Morgan fingerprint density at radius 3 is 2.66 bits per heavy atom. The van der Waals surface area contributed by atoms with Gasteiger partial charge in [-0.05, 0) is 89.3 Å². The van der Waals surface area contributed by atoms with E-state index in [0.717, 1.165) is 18.4 Å². The molecule has 1 aromatic heterocycles. The predicted octanol–water partition coefficient (Wildman–Crippen LogP) is 4.49. The van der Waals surface area contributed by atoms with Crippen molar-refractivity contribution in [2.45, 2.75) is 127 Å². The number of carbonyl (C=O) groups excluding carboxylic acids is 4. The third-order valence-electron chi connectivity index (χ3n) is 10.8. The van der Waals surface area contributed by atoms with Crippen LogP contribution in [0.25, 0.3) is 10.9 Å². The third kappa shape index (κ3) is 8.44. The number of sulfonamides is 1. The minimum atomic E-state index is -3.99. The van der Waals surface area contributed by atoms with Crippen LogP contribution in [-0.4, -0.2) is 83.7 Å². The van der Waals surface area contributed by atoms with E-state index in [1.165, 1.54) is 17.0 Å². The zero-order chi connectivity index (χ0) is 38.1. The average molecular weight is 756 g/mol. The van der Waals surface area contributed by atoms with Crippen molar-refractivity contribution in [1.82, 2.24) is 25.2 Å². The van der Waals surface area contributed by atoms with Gasteiger partial charge in [-0.2, -0.15) is 0 Å². The summed E-state index contributed by atoms with van der Waals surface area (Å²) in [6.07, 6.45) is 7.84. The van der Waals surface area contributed by atoms with Gasteiger partial charge in [0.2, 0.25) is 21.8 Å². The van der Waals surface area contributed by atoms with Crippen LogP contribution in [-0.2, 0) is 35.6 Å². The summed E-state index contributed by atoms with van der Waals surface area (Å²) in [5, 5.41) is 6.13. The van der Waals surface area contributed by atoms with Crippen molar-refractivity contribution >= 4 is 44.7 Å². The fourth-order valence-corrected chi connectivity index (χ4v) is 8.68. The molecule has 4 atom stereocenters. The van der Waals surface area contributed by atoms with E-state index in [4.69, 9.17) is 9.47 Å². The standard InChI is InChI=1S/C38H50FN5O8S/c1-23(2)21-51-36(48)42-30-12-10-8-6-5-7-9-11-29(33(45)43-53(49,50)37(4)17-18-37)41-34(46)31-20-38(22-44(31)35(30)47)16-15-26-27-19-25(39)13-14-28(27)40-24(3)32(26)52-38/h7,9,13-14,19,23,29-31H,5-6,8,10-12,15-18,20-22H2,1-4H3,(H,41,46)(H,42,48)(H,43,45). The molecule has 1 saturated carbocycles. The number of carbonyl (C=O) groups is 4. The number of alkyl carbamates (subject to hydrolysis) is 1. The molecule has 4 unspecified atom stereocenters. The first kappa shape index (κ1) is 38.5. The van der Waals surface area contributed by atoms with Crippen LogP contribution in [0.1, 0.15) is 96.2 Å². The summed E-state index contributed by atoms with van der Waals surface area (Å²) in [5.74, 6) is -1.86. The van der Waals surface area contributed by atoms with E-state index in [1.807, 2.05) is 19.9 Å². The maximum Gasteiger partial charge on any atom is 0.407 e. The Morgan fingerprint density at radius 2 is 1.92 bits per heavy atom. The highest BCUT2D eigenvalue weighted by Crippen LogP contribution is 2.45. The number of allylic oxidation sites excluding steroid dienone is 1. The first-order valence-electron chi connectivity index (χ1n) is 18.6. The Morgan fingerprint density at radius 1 is 1.15 bits per heavy atom. The van der Waals surface area contributed by atoms with Crippen molar-refractivity contribution in [3.63, 3.8) is 0 Å². The van der Waals surface area contributed by atoms with Crippen molar-refractivity contribution in [1.29, 1.82) is 0 Å². The van der Waals surface area contributed by atoms with Crippen LogP contribution in [0.3, 0.4) is 0 Å². The van der Waals surface area contributed by atoms with Crippen LogP contribution >= 0.6 is 0 Å². The Bertz CT molecular complexity index is 1910. The summed E-state index contributed by atoms with van der Waals surface area (Å²) in [5.41, 5.74) is 0.956. The monoisotopic (exact) mass is 755 g/mol. The number of pyridine rings is 1.